The van der Waals surface area contributed by atoms with Crippen molar-refractivity contribution >= 4 is 11.8 Å². The number of benzene rings is 2. The van der Waals surface area contributed by atoms with E-state index in [4.69, 9.17) is 14.2 Å². The lowest BCUT2D eigenvalue weighted by atomic mass is 9.88. The molecule has 2 unspecified atom stereocenters. The first kappa shape index (κ1) is 23.4. The van der Waals surface area contributed by atoms with Crippen LogP contribution in [0.3, 0.4) is 0 Å². The maximum absolute atomic E-state index is 13.0. The van der Waals surface area contributed by atoms with Crippen molar-refractivity contribution in [3.63, 3.8) is 0 Å². The highest BCUT2D eigenvalue weighted by molar-refractivity contribution is 5.84. The summed E-state index contributed by atoms with van der Waals surface area (Å²) in [6, 6.07) is 13.4. The largest absolute Gasteiger partial charge is 0.493 e. The number of hydrogen-bond donors (Lipinski definition) is 1. The summed E-state index contributed by atoms with van der Waals surface area (Å²) in [4.78, 5) is 27.8. The summed E-state index contributed by atoms with van der Waals surface area (Å²) in [6.07, 6.45) is 1.16. The Kier molecular flexibility index (Phi) is 7.98. The normalized spacial score (nSPS) is 17.7. The van der Waals surface area contributed by atoms with E-state index < -0.39 is 0 Å². The molecule has 1 heterocycles. The molecular weight excluding hydrogens is 408 g/mol. The van der Waals surface area contributed by atoms with E-state index in [0.29, 0.717) is 43.3 Å². The second kappa shape index (κ2) is 10.9. The predicted octanol–water partition coefficient (Wildman–Crippen LogP) is 3.02. The van der Waals surface area contributed by atoms with E-state index in [-0.39, 0.29) is 23.7 Å². The van der Waals surface area contributed by atoms with Gasteiger partial charge in [-0.05, 0) is 29.7 Å². The molecule has 2 aromatic rings. The Morgan fingerprint density at radius 1 is 1.00 bits per heavy atom. The molecule has 7 nitrogen and oxygen atoms in total. The summed E-state index contributed by atoms with van der Waals surface area (Å²) in [7, 11) is 4.69. The van der Waals surface area contributed by atoms with Gasteiger partial charge in [0.15, 0.2) is 11.5 Å². The van der Waals surface area contributed by atoms with Gasteiger partial charge < -0.3 is 24.4 Å². The van der Waals surface area contributed by atoms with Gasteiger partial charge in [-0.15, -0.1) is 0 Å². The second-order valence-corrected chi connectivity index (χ2v) is 7.92. The third-order valence-electron chi connectivity index (χ3n) is 5.87. The van der Waals surface area contributed by atoms with Crippen LogP contribution in [-0.4, -0.2) is 57.7 Å². The van der Waals surface area contributed by atoms with E-state index in [1.807, 2.05) is 49.4 Å². The molecule has 2 amide bonds. The first-order valence-corrected chi connectivity index (χ1v) is 10.9. The van der Waals surface area contributed by atoms with Crippen molar-refractivity contribution < 1.29 is 23.8 Å². The van der Waals surface area contributed by atoms with E-state index >= 15 is 0 Å². The standard InChI is InChI=1S/C25H32N2O5/c1-5-11-26-25(29)20-16-27(23(28)12-17-9-7-6-8-10-17)15-19(20)18-13-21(30-2)24(32-4)22(14-18)31-3/h6-10,13-14,19-20H,5,11-12,15-16H2,1-4H3,(H,26,29). The number of hydrogen-bond acceptors (Lipinski definition) is 5. The van der Waals surface area contributed by atoms with Gasteiger partial charge in [0.25, 0.3) is 0 Å². The van der Waals surface area contributed by atoms with E-state index in [1.165, 1.54) is 0 Å². The van der Waals surface area contributed by atoms with E-state index in [0.717, 1.165) is 17.5 Å². The van der Waals surface area contributed by atoms with Crippen LogP contribution in [0.2, 0.25) is 0 Å². The van der Waals surface area contributed by atoms with Gasteiger partial charge in [0, 0.05) is 25.6 Å². The lowest BCUT2D eigenvalue weighted by Crippen LogP contribution is -2.36. The number of carbonyl (C=O) groups is 2. The fourth-order valence-corrected chi connectivity index (χ4v) is 4.19. The van der Waals surface area contributed by atoms with Crippen molar-refractivity contribution in [2.75, 3.05) is 41.0 Å². The summed E-state index contributed by atoms with van der Waals surface area (Å²) >= 11 is 0. The molecule has 1 N–H and O–H groups in total. The first-order valence-electron chi connectivity index (χ1n) is 10.9. The topological polar surface area (TPSA) is 77.1 Å². The molecule has 0 saturated carbocycles. The second-order valence-electron chi connectivity index (χ2n) is 7.92. The van der Waals surface area contributed by atoms with Gasteiger partial charge in [0.2, 0.25) is 17.6 Å². The zero-order chi connectivity index (χ0) is 23.1. The van der Waals surface area contributed by atoms with Crippen LogP contribution >= 0.6 is 0 Å². The number of nitrogens with one attached hydrogen (secondary N) is 1. The zero-order valence-electron chi connectivity index (χ0n) is 19.2. The predicted molar refractivity (Wildman–Crippen MR) is 122 cm³/mol. The molecule has 0 spiro atoms. The Morgan fingerprint density at radius 2 is 1.66 bits per heavy atom. The van der Waals surface area contributed by atoms with Crippen LogP contribution in [0.4, 0.5) is 0 Å². The van der Waals surface area contributed by atoms with Crippen molar-refractivity contribution in [2.45, 2.75) is 25.7 Å². The molecule has 0 bridgehead atoms. The third kappa shape index (κ3) is 5.15. The van der Waals surface area contributed by atoms with Crippen LogP contribution in [-0.2, 0) is 16.0 Å². The van der Waals surface area contributed by atoms with Crippen molar-refractivity contribution in [2.24, 2.45) is 5.92 Å². The molecule has 3 rings (SSSR count). The van der Waals surface area contributed by atoms with Crippen LogP contribution in [0.5, 0.6) is 17.2 Å². The Morgan fingerprint density at radius 3 is 2.22 bits per heavy atom. The van der Waals surface area contributed by atoms with Gasteiger partial charge in [-0.2, -0.15) is 0 Å². The van der Waals surface area contributed by atoms with Crippen molar-refractivity contribution in [1.29, 1.82) is 0 Å². The summed E-state index contributed by atoms with van der Waals surface area (Å²) in [6.45, 7) is 3.45. The maximum Gasteiger partial charge on any atom is 0.227 e. The molecule has 0 aliphatic carbocycles. The van der Waals surface area contributed by atoms with Gasteiger partial charge in [-0.1, -0.05) is 37.3 Å². The van der Waals surface area contributed by atoms with Gasteiger partial charge in [0.1, 0.15) is 0 Å². The Balaban J connectivity index is 1.90. The molecule has 7 heteroatoms. The van der Waals surface area contributed by atoms with Crippen molar-refractivity contribution in [1.82, 2.24) is 10.2 Å². The fraction of sp³-hybridized carbons (Fsp3) is 0.440. The number of carbonyl (C=O) groups excluding carboxylic acids is 2. The maximum atomic E-state index is 13.0. The highest BCUT2D eigenvalue weighted by Crippen LogP contribution is 2.43. The van der Waals surface area contributed by atoms with Crippen LogP contribution in [0.15, 0.2) is 42.5 Å². The Hall–Kier alpha value is -3.22. The minimum atomic E-state index is -0.357. The average molecular weight is 441 g/mol. The lowest BCUT2D eigenvalue weighted by molar-refractivity contribution is -0.130. The smallest absolute Gasteiger partial charge is 0.227 e. The van der Waals surface area contributed by atoms with Gasteiger partial charge in [-0.3, -0.25) is 9.59 Å². The van der Waals surface area contributed by atoms with Crippen LogP contribution < -0.4 is 19.5 Å². The summed E-state index contributed by atoms with van der Waals surface area (Å²) < 4.78 is 16.4. The molecule has 172 valence electrons. The first-order chi connectivity index (χ1) is 15.5. The van der Waals surface area contributed by atoms with Crippen molar-refractivity contribution in [3.05, 3.63) is 53.6 Å². The summed E-state index contributed by atoms with van der Waals surface area (Å²) in [5, 5.41) is 3.00. The van der Waals surface area contributed by atoms with Gasteiger partial charge in [-0.25, -0.2) is 0 Å². The number of amides is 2. The quantitative estimate of drug-likeness (QED) is 0.649. The SMILES string of the molecule is CCCNC(=O)C1CN(C(=O)Cc2ccccc2)CC1c1cc(OC)c(OC)c(OC)c1. The summed E-state index contributed by atoms with van der Waals surface area (Å²) in [5.74, 6) is 0.998. The minimum Gasteiger partial charge on any atom is -0.493 e. The van der Waals surface area contributed by atoms with E-state index in [1.54, 1.807) is 26.2 Å². The number of ether oxygens (including phenoxy) is 3. The molecule has 2 atom stereocenters. The fourth-order valence-electron chi connectivity index (χ4n) is 4.19. The number of rotatable bonds is 9. The van der Waals surface area contributed by atoms with Crippen LogP contribution in [0, 0.1) is 5.92 Å². The molecule has 1 aliphatic rings. The Bertz CT molecular complexity index is 906. The number of nitrogens with zero attached hydrogens (tertiary/aromatic N) is 1. The Labute approximate surface area is 189 Å². The molecule has 32 heavy (non-hydrogen) atoms. The van der Waals surface area contributed by atoms with E-state index in [9.17, 15) is 9.59 Å². The van der Waals surface area contributed by atoms with Crippen molar-refractivity contribution in [3.8, 4) is 17.2 Å². The molecular formula is C25H32N2O5. The zero-order valence-corrected chi connectivity index (χ0v) is 19.2. The molecule has 0 radical (unpaired) electrons. The highest BCUT2D eigenvalue weighted by atomic mass is 16.5. The third-order valence-corrected chi connectivity index (χ3v) is 5.87. The molecule has 1 fully saturated rings. The lowest BCUT2D eigenvalue weighted by Gasteiger charge is -2.21. The summed E-state index contributed by atoms with van der Waals surface area (Å²) in [5.41, 5.74) is 1.84. The number of likely N-dealkylation sites (tertiary alicyclic amines) is 1. The minimum absolute atomic E-state index is 0.0134. The molecule has 0 aromatic heterocycles. The highest BCUT2D eigenvalue weighted by Gasteiger charge is 2.40. The van der Waals surface area contributed by atoms with Crippen LogP contribution in [0.1, 0.15) is 30.4 Å². The van der Waals surface area contributed by atoms with Crippen LogP contribution in [0.25, 0.3) is 0 Å². The molecule has 1 saturated heterocycles. The average Bonchev–Trinajstić information content (AvgIpc) is 3.28. The number of methoxy groups -OCH3 is 3. The molecule has 1 aliphatic heterocycles. The molecule has 2 aromatic carbocycles. The monoisotopic (exact) mass is 440 g/mol. The van der Waals surface area contributed by atoms with E-state index in [2.05, 4.69) is 5.32 Å². The van der Waals surface area contributed by atoms with Gasteiger partial charge in [0.05, 0.1) is 33.7 Å². The van der Waals surface area contributed by atoms with Gasteiger partial charge >= 0.3 is 0 Å².